The molecule has 4 nitrogen and oxygen atoms in total. The van der Waals surface area contributed by atoms with Gasteiger partial charge in [-0.2, -0.15) is 0 Å². The number of amides is 1. The van der Waals surface area contributed by atoms with E-state index in [-0.39, 0.29) is 24.6 Å². The summed E-state index contributed by atoms with van der Waals surface area (Å²) >= 11 is 0. The first-order valence-electron chi connectivity index (χ1n) is 7.25. The summed E-state index contributed by atoms with van der Waals surface area (Å²) in [5.41, 5.74) is 1.55. The minimum absolute atomic E-state index is 0.186. The number of carbonyl (C=O) groups is 1. The second-order valence-corrected chi connectivity index (χ2v) is 5.23. The number of carbonyl (C=O) groups excluding carboxylic acids is 1. The Morgan fingerprint density at radius 1 is 1.22 bits per heavy atom. The molecule has 0 saturated heterocycles. The topological polar surface area (TPSA) is 47.6 Å². The van der Waals surface area contributed by atoms with E-state index in [2.05, 4.69) is 5.32 Å². The van der Waals surface area contributed by atoms with Crippen LogP contribution in [0.4, 0.5) is 4.39 Å². The number of hydrogen-bond donors (Lipinski definition) is 1. The molecule has 23 heavy (non-hydrogen) atoms. The Balaban J connectivity index is 1.63. The molecule has 0 spiro atoms. The Hall–Kier alpha value is -2.82. The highest BCUT2D eigenvalue weighted by atomic mass is 19.1. The summed E-state index contributed by atoms with van der Waals surface area (Å²) in [6, 6.07) is 11.4. The van der Waals surface area contributed by atoms with Gasteiger partial charge in [-0.15, -0.1) is 0 Å². The van der Waals surface area contributed by atoms with Crippen molar-refractivity contribution in [1.29, 1.82) is 0 Å². The van der Waals surface area contributed by atoms with Gasteiger partial charge in [0.05, 0.1) is 6.04 Å². The van der Waals surface area contributed by atoms with Crippen molar-refractivity contribution < 1.29 is 18.7 Å². The lowest BCUT2D eigenvalue weighted by Gasteiger charge is -2.13. The van der Waals surface area contributed by atoms with Crippen molar-refractivity contribution >= 4 is 12.0 Å². The van der Waals surface area contributed by atoms with Crippen LogP contribution < -0.4 is 14.8 Å². The van der Waals surface area contributed by atoms with Crippen molar-refractivity contribution in [1.82, 2.24) is 5.32 Å². The van der Waals surface area contributed by atoms with Crippen LogP contribution in [0, 0.1) is 5.82 Å². The smallest absolute Gasteiger partial charge is 0.244 e. The molecule has 2 aromatic carbocycles. The molecule has 1 N–H and O–H groups in total. The Labute approximate surface area is 133 Å². The van der Waals surface area contributed by atoms with Gasteiger partial charge in [0, 0.05) is 6.08 Å². The first kappa shape index (κ1) is 15.1. The van der Waals surface area contributed by atoms with Crippen LogP contribution in [-0.2, 0) is 4.79 Å². The third-order valence-electron chi connectivity index (χ3n) is 3.53. The summed E-state index contributed by atoms with van der Waals surface area (Å²) in [7, 11) is 0. The molecule has 1 unspecified atom stereocenters. The van der Waals surface area contributed by atoms with E-state index in [1.54, 1.807) is 18.2 Å². The highest BCUT2D eigenvalue weighted by Crippen LogP contribution is 2.34. The lowest BCUT2D eigenvalue weighted by Crippen LogP contribution is -2.24. The number of rotatable bonds is 4. The van der Waals surface area contributed by atoms with Crippen LogP contribution in [0.15, 0.2) is 48.5 Å². The third kappa shape index (κ3) is 3.69. The predicted octanol–water partition coefficient (Wildman–Crippen LogP) is 3.45. The molecule has 0 bridgehead atoms. The van der Waals surface area contributed by atoms with Crippen LogP contribution in [0.3, 0.4) is 0 Å². The SMILES string of the molecule is CC(NC(=O)C=Cc1cccc(F)c1)c1ccc2c(c1)OCO2. The van der Waals surface area contributed by atoms with Gasteiger partial charge in [0.1, 0.15) is 5.82 Å². The van der Waals surface area contributed by atoms with Crippen molar-refractivity contribution in [2.24, 2.45) is 0 Å². The summed E-state index contributed by atoms with van der Waals surface area (Å²) < 4.78 is 23.7. The van der Waals surface area contributed by atoms with Gasteiger partial charge in [0.25, 0.3) is 0 Å². The molecule has 5 heteroatoms. The molecule has 0 aromatic heterocycles. The fraction of sp³-hybridized carbons (Fsp3) is 0.167. The number of hydrogen-bond acceptors (Lipinski definition) is 3. The average molecular weight is 313 g/mol. The number of ether oxygens (including phenoxy) is 2. The molecule has 1 atom stereocenters. The maximum Gasteiger partial charge on any atom is 0.244 e. The molecule has 1 aliphatic rings. The Morgan fingerprint density at radius 2 is 2.04 bits per heavy atom. The van der Waals surface area contributed by atoms with E-state index in [9.17, 15) is 9.18 Å². The van der Waals surface area contributed by atoms with Crippen LogP contribution in [0.25, 0.3) is 6.08 Å². The van der Waals surface area contributed by atoms with E-state index in [4.69, 9.17) is 9.47 Å². The molecule has 0 fully saturated rings. The molecule has 0 radical (unpaired) electrons. The van der Waals surface area contributed by atoms with Gasteiger partial charge in [-0.05, 0) is 48.4 Å². The molecule has 2 aromatic rings. The van der Waals surface area contributed by atoms with Gasteiger partial charge in [-0.25, -0.2) is 4.39 Å². The fourth-order valence-corrected chi connectivity index (χ4v) is 2.31. The van der Waals surface area contributed by atoms with Gasteiger partial charge < -0.3 is 14.8 Å². The van der Waals surface area contributed by atoms with Crippen molar-refractivity contribution in [2.45, 2.75) is 13.0 Å². The van der Waals surface area contributed by atoms with Crippen LogP contribution in [0.1, 0.15) is 24.1 Å². The largest absolute Gasteiger partial charge is 0.454 e. The quantitative estimate of drug-likeness (QED) is 0.880. The van der Waals surface area contributed by atoms with E-state index in [1.807, 2.05) is 25.1 Å². The number of halogens is 1. The third-order valence-corrected chi connectivity index (χ3v) is 3.53. The summed E-state index contributed by atoms with van der Waals surface area (Å²) in [6.45, 7) is 2.10. The fourth-order valence-electron chi connectivity index (χ4n) is 2.31. The first-order chi connectivity index (χ1) is 11.1. The van der Waals surface area contributed by atoms with Gasteiger partial charge >= 0.3 is 0 Å². The average Bonchev–Trinajstić information content (AvgIpc) is 3.00. The molecule has 3 rings (SSSR count). The lowest BCUT2D eigenvalue weighted by atomic mass is 10.1. The van der Waals surface area contributed by atoms with Gasteiger partial charge in [-0.3, -0.25) is 4.79 Å². The molecule has 0 saturated carbocycles. The van der Waals surface area contributed by atoms with E-state index in [0.29, 0.717) is 17.1 Å². The second-order valence-electron chi connectivity index (χ2n) is 5.23. The molecular formula is C18H16FNO3. The standard InChI is InChI=1S/C18H16FNO3/c1-12(14-6-7-16-17(10-14)23-11-22-16)20-18(21)8-5-13-3-2-4-15(19)9-13/h2-10,12H,11H2,1H3,(H,20,21). The summed E-state index contributed by atoms with van der Waals surface area (Å²) in [5.74, 6) is 0.804. The van der Waals surface area contributed by atoms with E-state index >= 15 is 0 Å². The van der Waals surface area contributed by atoms with Crippen molar-refractivity contribution in [3.8, 4) is 11.5 Å². The Kier molecular flexibility index (Phi) is 4.28. The van der Waals surface area contributed by atoms with E-state index in [1.165, 1.54) is 18.2 Å². The highest BCUT2D eigenvalue weighted by Gasteiger charge is 2.16. The molecular weight excluding hydrogens is 297 g/mol. The minimum atomic E-state index is -0.332. The predicted molar refractivity (Wildman–Crippen MR) is 84.6 cm³/mol. The summed E-state index contributed by atoms with van der Waals surface area (Å²) in [4.78, 5) is 12.0. The van der Waals surface area contributed by atoms with E-state index < -0.39 is 0 Å². The van der Waals surface area contributed by atoms with Crippen LogP contribution in [0.5, 0.6) is 11.5 Å². The Morgan fingerprint density at radius 3 is 2.87 bits per heavy atom. The number of benzene rings is 2. The second kappa shape index (κ2) is 6.52. The van der Waals surface area contributed by atoms with Crippen LogP contribution >= 0.6 is 0 Å². The van der Waals surface area contributed by atoms with Crippen LogP contribution in [-0.4, -0.2) is 12.7 Å². The van der Waals surface area contributed by atoms with Crippen LogP contribution in [0.2, 0.25) is 0 Å². The zero-order valence-electron chi connectivity index (χ0n) is 12.6. The van der Waals surface area contributed by atoms with Gasteiger partial charge in [0.15, 0.2) is 11.5 Å². The van der Waals surface area contributed by atoms with E-state index in [0.717, 1.165) is 5.56 Å². The normalized spacial score (nSPS) is 14.0. The molecule has 1 aliphatic heterocycles. The summed E-state index contributed by atoms with van der Waals surface area (Å²) in [5, 5.41) is 2.86. The lowest BCUT2D eigenvalue weighted by molar-refractivity contribution is -0.117. The Bertz CT molecular complexity index is 758. The van der Waals surface area contributed by atoms with Gasteiger partial charge in [0.2, 0.25) is 12.7 Å². The molecule has 1 amide bonds. The summed E-state index contributed by atoms with van der Waals surface area (Å²) in [6.07, 6.45) is 2.96. The number of nitrogens with one attached hydrogen (secondary N) is 1. The monoisotopic (exact) mass is 313 g/mol. The van der Waals surface area contributed by atoms with Crippen molar-refractivity contribution in [3.05, 3.63) is 65.5 Å². The molecule has 0 aliphatic carbocycles. The molecule has 1 heterocycles. The first-order valence-corrected chi connectivity index (χ1v) is 7.25. The number of fused-ring (bicyclic) bond motifs is 1. The van der Waals surface area contributed by atoms with Gasteiger partial charge in [-0.1, -0.05) is 18.2 Å². The minimum Gasteiger partial charge on any atom is -0.454 e. The molecule has 118 valence electrons. The maximum atomic E-state index is 13.1. The van der Waals surface area contributed by atoms with Crippen molar-refractivity contribution in [2.75, 3.05) is 6.79 Å². The van der Waals surface area contributed by atoms with Crippen molar-refractivity contribution in [3.63, 3.8) is 0 Å². The zero-order valence-corrected chi connectivity index (χ0v) is 12.6. The highest BCUT2D eigenvalue weighted by molar-refractivity contribution is 5.91. The zero-order chi connectivity index (χ0) is 16.2. The maximum absolute atomic E-state index is 13.1.